The Labute approximate surface area is 98.3 Å². The predicted molar refractivity (Wildman–Crippen MR) is 53.8 cm³/mol. The van der Waals surface area contributed by atoms with Crippen LogP contribution in [0.5, 0.6) is 0 Å². The van der Waals surface area contributed by atoms with Crippen LogP contribution in [0.4, 0.5) is 0 Å². The summed E-state index contributed by atoms with van der Waals surface area (Å²) in [6.07, 6.45) is 2.48. The summed E-state index contributed by atoms with van der Waals surface area (Å²) < 4.78 is 0. The first-order valence-corrected chi connectivity index (χ1v) is 3.98. The van der Waals surface area contributed by atoms with Gasteiger partial charge in [-0.2, -0.15) is 11.8 Å². The van der Waals surface area contributed by atoms with Gasteiger partial charge in [-0.25, -0.2) is 0 Å². The summed E-state index contributed by atoms with van der Waals surface area (Å²) >= 11 is 0. The molecule has 1 saturated carbocycles. The summed E-state index contributed by atoms with van der Waals surface area (Å²) in [5, 5.41) is 0. The van der Waals surface area contributed by atoms with Crippen LogP contribution in [0.1, 0.15) is 27.7 Å². The molecular formula is C11H23Hf-3. The molecule has 1 aliphatic carbocycles. The Kier molecular flexibility index (Phi) is 11.3. The molecule has 0 aromatic rings. The van der Waals surface area contributed by atoms with E-state index in [9.17, 15) is 0 Å². The molecule has 4 atom stereocenters. The van der Waals surface area contributed by atoms with E-state index in [2.05, 4.69) is 34.1 Å². The SMILES string of the molecule is CC1[CH-]C(C)C(C)C1C.[CH3-].[CH3-].[Hf]. The third-order valence-corrected chi connectivity index (χ3v) is 3.10. The molecule has 1 fully saturated rings. The third-order valence-electron chi connectivity index (χ3n) is 3.10. The van der Waals surface area contributed by atoms with Gasteiger partial charge < -0.3 is 21.3 Å². The molecule has 0 amide bonds. The molecule has 1 rings (SSSR count). The van der Waals surface area contributed by atoms with E-state index in [1.807, 2.05) is 0 Å². The van der Waals surface area contributed by atoms with Gasteiger partial charge >= 0.3 is 0 Å². The summed E-state index contributed by atoms with van der Waals surface area (Å²) in [6.45, 7) is 9.36. The van der Waals surface area contributed by atoms with Crippen molar-refractivity contribution in [2.24, 2.45) is 23.7 Å². The third kappa shape index (κ3) is 3.72. The second-order valence-electron chi connectivity index (χ2n) is 3.63. The minimum Gasteiger partial charge on any atom is -0.358 e. The zero-order valence-corrected chi connectivity index (χ0v) is 13.0. The van der Waals surface area contributed by atoms with Crippen LogP contribution >= 0.6 is 0 Å². The first-order valence-electron chi connectivity index (χ1n) is 3.98. The summed E-state index contributed by atoms with van der Waals surface area (Å²) in [4.78, 5) is 0. The Balaban J connectivity index is -0.000000270. The molecule has 4 unspecified atom stereocenters. The van der Waals surface area contributed by atoms with Crippen LogP contribution in [0.3, 0.4) is 0 Å². The average molecular weight is 334 g/mol. The quantitative estimate of drug-likeness (QED) is 0.469. The molecule has 74 valence electrons. The van der Waals surface area contributed by atoms with Crippen molar-refractivity contribution >= 4 is 0 Å². The van der Waals surface area contributed by atoms with Crippen LogP contribution in [0.2, 0.25) is 0 Å². The zero-order valence-electron chi connectivity index (χ0n) is 9.39. The molecule has 0 saturated heterocycles. The van der Waals surface area contributed by atoms with Gasteiger partial charge in [0.2, 0.25) is 0 Å². The van der Waals surface area contributed by atoms with Crippen molar-refractivity contribution in [3.05, 3.63) is 21.3 Å². The minimum absolute atomic E-state index is 0. The van der Waals surface area contributed by atoms with E-state index in [0.717, 1.165) is 23.7 Å². The van der Waals surface area contributed by atoms with Gasteiger partial charge in [0.15, 0.2) is 0 Å². The second kappa shape index (κ2) is 7.29. The fourth-order valence-electron chi connectivity index (χ4n) is 1.79. The van der Waals surface area contributed by atoms with Crippen molar-refractivity contribution in [1.82, 2.24) is 0 Å². The van der Waals surface area contributed by atoms with Crippen molar-refractivity contribution in [1.29, 1.82) is 0 Å². The standard InChI is InChI=1S/C9H17.2CH3.Hf/c1-6-5-7(2)9(4)8(6)3;;;/h5-9H,1-4H3;2*1H3;/q3*-1;. The van der Waals surface area contributed by atoms with E-state index in [1.165, 1.54) is 0 Å². The van der Waals surface area contributed by atoms with Gasteiger partial charge in [0, 0.05) is 25.8 Å². The first kappa shape index (κ1) is 18.6. The van der Waals surface area contributed by atoms with Gasteiger partial charge in [0.25, 0.3) is 0 Å². The molecule has 0 radical (unpaired) electrons. The Morgan fingerprint density at radius 2 is 1.00 bits per heavy atom. The van der Waals surface area contributed by atoms with Crippen LogP contribution in [-0.2, 0) is 25.8 Å². The molecule has 1 heteroatoms. The predicted octanol–water partition coefficient (Wildman–Crippen LogP) is 3.65. The van der Waals surface area contributed by atoms with Crippen LogP contribution in [-0.4, -0.2) is 0 Å². The van der Waals surface area contributed by atoms with E-state index in [4.69, 9.17) is 0 Å². The molecule has 0 spiro atoms. The maximum absolute atomic E-state index is 2.48. The zero-order chi connectivity index (χ0) is 7.02. The summed E-state index contributed by atoms with van der Waals surface area (Å²) in [5.41, 5.74) is 0. The second-order valence-corrected chi connectivity index (χ2v) is 3.63. The molecule has 0 bridgehead atoms. The normalized spacial score (nSPS) is 39.0. The fraction of sp³-hybridized carbons (Fsp3) is 0.727. The van der Waals surface area contributed by atoms with Gasteiger partial charge in [0.1, 0.15) is 0 Å². The summed E-state index contributed by atoms with van der Waals surface area (Å²) in [5.74, 6) is 3.49. The molecule has 0 N–H and O–H groups in total. The van der Waals surface area contributed by atoms with Crippen molar-refractivity contribution in [2.45, 2.75) is 27.7 Å². The molecule has 12 heavy (non-hydrogen) atoms. The summed E-state index contributed by atoms with van der Waals surface area (Å²) in [6, 6.07) is 0. The number of hydrogen-bond donors (Lipinski definition) is 0. The molecule has 1 aliphatic rings. The molecule has 0 heterocycles. The largest absolute Gasteiger partial charge is 0.358 e. The maximum atomic E-state index is 2.48. The van der Waals surface area contributed by atoms with Crippen molar-refractivity contribution < 1.29 is 25.8 Å². The molecular weight excluding hydrogens is 311 g/mol. The van der Waals surface area contributed by atoms with Gasteiger partial charge in [-0.05, 0) is 0 Å². The van der Waals surface area contributed by atoms with E-state index in [1.54, 1.807) is 0 Å². The van der Waals surface area contributed by atoms with Gasteiger partial charge in [-0.1, -0.05) is 39.5 Å². The number of rotatable bonds is 0. The van der Waals surface area contributed by atoms with E-state index < -0.39 is 0 Å². The van der Waals surface area contributed by atoms with E-state index in [0.29, 0.717) is 0 Å². The van der Waals surface area contributed by atoms with Crippen molar-refractivity contribution in [2.75, 3.05) is 0 Å². The van der Waals surface area contributed by atoms with Crippen LogP contribution < -0.4 is 0 Å². The monoisotopic (exact) mass is 335 g/mol. The van der Waals surface area contributed by atoms with Gasteiger partial charge in [-0.3, -0.25) is 0 Å². The molecule has 0 aliphatic heterocycles. The number of hydrogen-bond acceptors (Lipinski definition) is 0. The molecule has 0 aromatic carbocycles. The first-order chi connectivity index (χ1) is 4.13. The van der Waals surface area contributed by atoms with Crippen molar-refractivity contribution in [3.8, 4) is 0 Å². The molecule has 0 nitrogen and oxygen atoms in total. The smallest absolute Gasteiger partial charge is 0 e. The topological polar surface area (TPSA) is 0 Å². The van der Waals surface area contributed by atoms with E-state index >= 15 is 0 Å². The van der Waals surface area contributed by atoms with Crippen LogP contribution in [0.25, 0.3) is 0 Å². The van der Waals surface area contributed by atoms with Crippen LogP contribution in [0, 0.1) is 44.9 Å². The Hall–Kier alpha value is 0.870. The maximum Gasteiger partial charge on any atom is 0 e. The van der Waals surface area contributed by atoms with Crippen LogP contribution in [0.15, 0.2) is 0 Å². The summed E-state index contributed by atoms with van der Waals surface area (Å²) in [7, 11) is 0. The Morgan fingerprint density at radius 1 is 0.750 bits per heavy atom. The van der Waals surface area contributed by atoms with E-state index in [-0.39, 0.29) is 40.7 Å². The van der Waals surface area contributed by atoms with Gasteiger partial charge in [-0.15, -0.1) is 0 Å². The minimum atomic E-state index is 0. The average Bonchev–Trinajstić information content (AvgIpc) is 1.98. The Morgan fingerprint density at radius 3 is 1.08 bits per heavy atom. The van der Waals surface area contributed by atoms with Gasteiger partial charge in [0.05, 0.1) is 0 Å². The fourth-order valence-corrected chi connectivity index (χ4v) is 1.79. The van der Waals surface area contributed by atoms with Crippen molar-refractivity contribution in [3.63, 3.8) is 0 Å². The molecule has 0 aromatic heterocycles. The Bertz CT molecular complexity index is 89.2.